The molecule has 78 valence electrons. The van der Waals surface area contributed by atoms with Crippen molar-refractivity contribution in [3.63, 3.8) is 0 Å². The van der Waals surface area contributed by atoms with Crippen molar-refractivity contribution in [2.45, 2.75) is 44.6 Å². The van der Waals surface area contributed by atoms with Crippen molar-refractivity contribution in [3.8, 4) is 0 Å². The minimum Gasteiger partial charge on any atom is -0.328 e. The molecule has 13 heavy (non-hydrogen) atoms. The third-order valence-corrected chi connectivity index (χ3v) is 3.88. The van der Waals surface area contributed by atoms with Crippen LogP contribution in [0.25, 0.3) is 0 Å². The van der Waals surface area contributed by atoms with Crippen molar-refractivity contribution in [3.05, 3.63) is 0 Å². The Hall–Kier alpha value is 0.110. The average Bonchev–Trinajstić information content (AvgIpc) is 2.42. The third kappa shape index (κ3) is 1.28. The Kier molecular flexibility index (Phi) is 2.63. The second kappa shape index (κ2) is 3.06. The van der Waals surface area contributed by atoms with Gasteiger partial charge >= 0.3 is 0 Å². The van der Waals surface area contributed by atoms with Gasteiger partial charge in [-0.15, -0.1) is 12.4 Å². The molecule has 2 rings (SSSR count). The van der Waals surface area contributed by atoms with Crippen molar-refractivity contribution < 1.29 is 8.78 Å². The van der Waals surface area contributed by atoms with Gasteiger partial charge in [-0.1, -0.05) is 6.92 Å². The maximum absolute atomic E-state index is 13.2. The molecular weight excluding hydrogens is 196 g/mol. The van der Waals surface area contributed by atoms with E-state index in [0.717, 1.165) is 12.8 Å². The molecule has 4 heteroatoms. The molecule has 1 unspecified atom stereocenters. The molecule has 1 spiro atoms. The highest BCUT2D eigenvalue weighted by atomic mass is 35.5. The molecule has 0 aliphatic heterocycles. The van der Waals surface area contributed by atoms with Gasteiger partial charge < -0.3 is 5.73 Å². The lowest BCUT2D eigenvalue weighted by atomic mass is 9.82. The topological polar surface area (TPSA) is 26.0 Å². The largest absolute Gasteiger partial charge is 0.328 e. The summed E-state index contributed by atoms with van der Waals surface area (Å²) in [6.07, 6.45) is 2.81. The Bertz CT molecular complexity index is 200. The molecule has 0 aromatic rings. The van der Waals surface area contributed by atoms with Gasteiger partial charge in [-0.2, -0.15) is 0 Å². The molecule has 2 aliphatic rings. The van der Waals surface area contributed by atoms with Crippen LogP contribution in [0.1, 0.15) is 32.6 Å². The Balaban J connectivity index is 0.000000845. The number of halogens is 3. The summed E-state index contributed by atoms with van der Waals surface area (Å²) in [5, 5.41) is 0. The van der Waals surface area contributed by atoms with Gasteiger partial charge in [0, 0.05) is 17.4 Å². The average molecular weight is 212 g/mol. The number of alkyl halides is 2. The van der Waals surface area contributed by atoms with E-state index >= 15 is 0 Å². The normalized spacial score (nSPS) is 47.1. The first kappa shape index (κ1) is 11.2. The Morgan fingerprint density at radius 2 is 1.62 bits per heavy atom. The Morgan fingerprint density at radius 3 is 1.92 bits per heavy atom. The molecule has 1 nitrogen and oxygen atoms in total. The first-order chi connectivity index (χ1) is 5.51. The molecule has 0 saturated heterocycles. The lowest BCUT2D eigenvalue weighted by Crippen LogP contribution is -2.29. The van der Waals surface area contributed by atoms with Crippen LogP contribution < -0.4 is 5.73 Å². The van der Waals surface area contributed by atoms with Crippen molar-refractivity contribution in [1.82, 2.24) is 0 Å². The minimum absolute atomic E-state index is 0. The van der Waals surface area contributed by atoms with E-state index in [1.54, 1.807) is 6.92 Å². The predicted molar refractivity (Wildman–Crippen MR) is 50.2 cm³/mol. The minimum atomic E-state index is -2.40. The summed E-state index contributed by atoms with van der Waals surface area (Å²) in [6.45, 7) is 1.66. The molecule has 0 radical (unpaired) electrons. The standard InChI is InChI=1S/C9H15F2N.ClH/c1-6-8(9(6,10)11)4-2-7(12)3-5-8;/h6-7H,2-5,12H2,1H3;1H. The van der Waals surface area contributed by atoms with E-state index in [2.05, 4.69) is 0 Å². The molecule has 2 saturated carbocycles. The summed E-state index contributed by atoms with van der Waals surface area (Å²) in [6, 6.07) is 0.166. The van der Waals surface area contributed by atoms with Crippen molar-refractivity contribution in [2.75, 3.05) is 0 Å². The molecule has 2 N–H and O–H groups in total. The van der Waals surface area contributed by atoms with E-state index in [1.807, 2.05) is 0 Å². The van der Waals surface area contributed by atoms with Crippen LogP contribution in [0.5, 0.6) is 0 Å². The van der Waals surface area contributed by atoms with Crippen LogP contribution in [0.15, 0.2) is 0 Å². The zero-order valence-electron chi connectivity index (χ0n) is 7.72. The van der Waals surface area contributed by atoms with Crippen LogP contribution >= 0.6 is 12.4 Å². The molecule has 2 fully saturated rings. The van der Waals surface area contributed by atoms with Gasteiger partial charge in [0.15, 0.2) is 0 Å². The van der Waals surface area contributed by atoms with Gasteiger partial charge in [0.1, 0.15) is 0 Å². The van der Waals surface area contributed by atoms with E-state index in [4.69, 9.17) is 5.73 Å². The molecule has 1 atom stereocenters. The maximum Gasteiger partial charge on any atom is 0.257 e. The molecule has 0 amide bonds. The highest BCUT2D eigenvalue weighted by molar-refractivity contribution is 5.85. The first-order valence-corrected chi connectivity index (χ1v) is 4.64. The lowest BCUT2D eigenvalue weighted by Gasteiger charge is -2.26. The van der Waals surface area contributed by atoms with Crippen LogP contribution in [-0.4, -0.2) is 12.0 Å². The molecule has 0 bridgehead atoms. The van der Waals surface area contributed by atoms with Gasteiger partial charge in [-0.3, -0.25) is 0 Å². The zero-order chi connectivity index (χ0) is 8.98. The molecule has 0 heterocycles. The Morgan fingerprint density at radius 1 is 1.23 bits per heavy atom. The van der Waals surface area contributed by atoms with Gasteiger partial charge in [0.25, 0.3) is 5.92 Å². The fraction of sp³-hybridized carbons (Fsp3) is 1.00. The molecule has 2 aliphatic carbocycles. The monoisotopic (exact) mass is 211 g/mol. The summed E-state index contributed by atoms with van der Waals surface area (Å²) in [5.41, 5.74) is 5.02. The first-order valence-electron chi connectivity index (χ1n) is 4.64. The van der Waals surface area contributed by atoms with Gasteiger partial charge in [-0.05, 0) is 25.7 Å². The maximum atomic E-state index is 13.2. The number of rotatable bonds is 0. The molecule has 0 aromatic heterocycles. The second-order valence-corrected chi connectivity index (χ2v) is 4.34. The quantitative estimate of drug-likeness (QED) is 0.655. The van der Waals surface area contributed by atoms with Crippen LogP contribution in [0.2, 0.25) is 0 Å². The third-order valence-electron chi connectivity index (χ3n) is 3.88. The van der Waals surface area contributed by atoms with Crippen LogP contribution in [-0.2, 0) is 0 Å². The van der Waals surface area contributed by atoms with Crippen molar-refractivity contribution in [1.29, 1.82) is 0 Å². The summed E-state index contributed by atoms with van der Waals surface area (Å²) >= 11 is 0. The van der Waals surface area contributed by atoms with Crippen LogP contribution in [0.3, 0.4) is 0 Å². The number of nitrogens with two attached hydrogens (primary N) is 1. The smallest absolute Gasteiger partial charge is 0.257 e. The molecular formula is C9H16ClF2N. The highest BCUT2D eigenvalue weighted by Gasteiger charge is 2.77. The van der Waals surface area contributed by atoms with E-state index in [-0.39, 0.29) is 18.4 Å². The summed E-state index contributed by atoms with van der Waals surface area (Å²) in [7, 11) is 0. The zero-order valence-corrected chi connectivity index (χ0v) is 8.54. The SMILES string of the molecule is CC1C(F)(F)C12CCC(N)CC2.Cl. The Labute approximate surface area is 83.5 Å². The van der Waals surface area contributed by atoms with Crippen LogP contribution in [0, 0.1) is 11.3 Å². The van der Waals surface area contributed by atoms with Crippen LogP contribution in [0.4, 0.5) is 8.78 Å². The highest BCUT2D eigenvalue weighted by Crippen LogP contribution is 2.71. The van der Waals surface area contributed by atoms with E-state index in [9.17, 15) is 8.78 Å². The van der Waals surface area contributed by atoms with E-state index in [0.29, 0.717) is 12.8 Å². The van der Waals surface area contributed by atoms with Gasteiger partial charge in [0.2, 0.25) is 0 Å². The van der Waals surface area contributed by atoms with E-state index in [1.165, 1.54) is 0 Å². The molecule has 0 aromatic carbocycles. The summed E-state index contributed by atoms with van der Waals surface area (Å²) < 4.78 is 26.3. The summed E-state index contributed by atoms with van der Waals surface area (Å²) in [4.78, 5) is 0. The lowest BCUT2D eigenvalue weighted by molar-refractivity contribution is 0.0425. The fourth-order valence-corrected chi connectivity index (χ4v) is 2.63. The van der Waals surface area contributed by atoms with Crippen molar-refractivity contribution in [2.24, 2.45) is 17.1 Å². The van der Waals surface area contributed by atoms with E-state index < -0.39 is 17.3 Å². The summed E-state index contributed by atoms with van der Waals surface area (Å²) in [5.74, 6) is -2.80. The second-order valence-electron chi connectivity index (χ2n) is 4.34. The number of hydrogen-bond acceptors (Lipinski definition) is 1. The predicted octanol–water partition coefficient (Wildman–Crippen LogP) is 2.58. The fourth-order valence-electron chi connectivity index (χ4n) is 2.63. The van der Waals surface area contributed by atoms with Gasteiger partial charge in [-0.25, -0.2) is 8.78 Å². The van der Waals surface area contributed by atoms with Crippen molar-refractivity contribution >= 4 is 12.4 Å². The number of hydrogen-bond donors (Lipinski definition) is 1. The van der Waals surface area contributed by atoms with Gasteiger partial charge in [0.05, 0.1) is 0 Å².